The minimum absolute atomic E-state index is 0.574. The third kappa shape index (κ3) is 4.13. The lowest BCUT2D eigenvalue weighted by atomic mass is 10.0. The lowest BCUT2D eigenvalue weighted by Gasteiger charge is -2.13. The summed E-state index contributed by atoms with van der Waals surface area (Å²) in [6.07, 6.45) is 0. The van der Waals surface area contributed by atoms with Crippen LogP contribution in [0.2, 0.25) is 0 Å². The second kappa shape index (κ2) is 8.15. The van der Waals surface area contributed by atoms with Crippen molar-refractivity contribution < 1.29 is 4.74 Å². The molecule has 0 saturated carbocycles. The Bertz CT molecular complexity index is 1030. The number of benzene rings is 4. The molecular formula is C25H19NO. The minimum Gasteiger partial charge on any atom is -0.438 e. The van der Waals surface area contributed by atoms with Crippen LogP contribution in [0.25, 0.3) is 11.1 Å². The quantitative estimate of drug-likeness (QED) is 0.304. The fourth-order valence-electron chi connectivity index (χ4n) is 2.86. The molecule has 0 atom stereocenters. The molecule has 0 unspecified atom stereocenters. The molecule has 4 aromatic rings. The molecule has 2 nitrogen and oxygen atoms in total. The molecule has 130 valence electrons. The Labute approximate surface area is 159 Å². The van der Waals surface area contributed by atoms with E-state index in [4.69, 9.17) is 9.73 Å². The second-order valence-corrected chi connectivity index (χ2v) is 6.08. The van der Waals surface area contributed by atoms with Gasteiger partial charge in [0.1, 0.15) is 5.75 Å². The van der Waals surface area contributed by atoms with Gasteiger partial charge in [-0.15, -0.1) is 0 Å². The highest BCUT2D eigenvalue weighted by molar-refractivity contribution is 5.98. The molecule has 0 aliphatic heterocycles. The maximum absolute atomic E-state index is 6.34. The fraction of sp³-hybridized carbons (Fsp3) is 0. The van der Waals surface area contributed by atoms with Crippen LogP contribution in [0.1, 0.15) is 5.56 Å². The Kier molecular flexibility index (Phi) is 5.07. The highest BCUT2D eigenvalue weighted by Gasteiger charge is 2.11. The Hall–Kier alpha value is -3.65. The van der Waals surface area contributed by atoms with Crippen LogP contribution in [0.5, 0.6) is 5.75 Å². The molecule has 0 heterocycles. The number of nitrogens with zero attached hydrogens (tertiary/aromatic N) is 1. The molecular weight excluding hydrogens is 330 g/mol. The van der Waals surface area contributed by atoms with Crippen molar-refractivity contribution in [3.05, 3.63) is 121 Å². The highest BCUT2D eigenvalue weighted by Crippen LogP contribution is 2.30. The largest absolute Gasteiger partial charge is 0.438 e. The molecule has 0 bridgehead atoms. The fourth-order valence-corrected chi connectivity index (χ4v) is 2.86. The van der Waals surface area contributed by atoms with Crippen LogP contribution < -0.4 is 4.74 Å². The molecule has 4 rings (SSSR count). The van der Waals surface area contributed by atoms with Crippen LogP contribution in [-0.4, -0.2) is 5.90 Å². The van der Waals surface area contributed by atoms with Crippen molar-refractivity contribution in [2.45, 2.75) is 0 Å². The number of ether oxygens (including phenoxy) is 1. The Morgan fingerprint density at radius 2 is 1.11 bits per heavy atom. The minimum atomic E-state index is 0.574. The standard InChI is InChI=1S/C25H19NO/c1-4-12-20(13-5-1)23-18-10-11-19-24(23)27-25(21-14-6-2-7-15-21)26-22-16-8-3-9-17-22/h1-19H. The van der Waals surface area contributed by atoms with Crippen molar-refractivity contribution in [2.75, 3.05) is 0 Å². The van der Waals surface area contributed by atoms with Gasteiger partial charge in [0.15, 0.2) is 0 Å². The van der Waals surface area contributed by atoms with Crippen LogP contribution in [-0.2, 0) is 0 Å². The van der Waals surface area contributed by atoms with Gasteiger partial charge in [0.25, 0.3) is 0 Å². The summed E-state index contributed by atoms with van der Waals surface area (Å²) in [6.45, 7) is 0. The van der Waals surface area contributed by atoms with E-state index in [1.165, 1.54) is 0 Å². The lowest BCUT2D eigenvalue weighted by Crippen LogP contribution is -2.10. The van der Waals surface area contributed by atoms with Crippen molar-refractivity contribution in [1.82, 2.24) is 0 Å². The van der Waals surface area contributed by atoms with Gasteiger partial charge in [0, 0.05) is 11.1 Å². The van der Waals surface area contributed by atoms with Crippen LogP contribution in [0.3, 0.4) is 0 Å². The molecule has 0 aliphatic carbocycles. The zero-order valence-corrected chi connectivity index (χ0v) is 14.8. The highest BCUT2D eigenvalue weighted by atomic mass is 16.5. The Morgan fingerprint density at radius 1 is 0.556 bits per heavy atom. The summed E-state index contributed by atoms with van der Waals surface area (Å²) in [5.41, 5.74) is 3.94. The Balaban J connectivity index is 1.77. The zero-order valence-electron chi connectivity index (χ0n) is 14.8. The molecule has 0 radical (unpaired) electrons. The van der Waals surface area contributed by atoms with E-state index in [0.717, 1.165) is 28.1 Å². The van der Waals surface area contributed by atoms with Gasteiger partial charge in [-0.1, -0.05) is 84.9 Å². The average molecular weight is 349 g/mol. The topological polar surface area (TPSA) is 21.6 Å². The van der Waals surface area contributed by atoms with Gasteiger partial charge in [-0.05, 0) is 35.9 Å². The molecule has 0 spiro atoms. The number of rotatable bonds is 4. The van der Waals surface area contributed by atoms with E-state index in [1.807, 2.05) is 97.1 Å². The summed E-state index contributed by atoms with van der Waals surface area (Å²) in [4.78, 5) is 4.75. The SMILES string of the molecule is c1ccc(N=C(Oc2ccccc2-c2ccccc2)c2ccccc2)cc1. The number of hydrogen-bond acceptors (Lipinski definition) is 2. The molecule has 2 heteroatoms. The van der Waals surface area contributed by atoms with E-state index in [2.05, 4.69) is 18.2 Å². The first-order chi connectivity index (χ1) is 13.4. The van der Waals surface area contributed by atoms with E-state index in [1.54, 1.807) is 0 Å². The van der Waals surface area contributed by atoms with E-state index in [0.29, 0.717) is 5.90 Å². The number of para-hydroxylation sites is 2. The van der Waals surface area contributed by atoms with Crippen molar-refractivity contribution in [3.63, 3.8) is 0 Å². The van der Waals surface area contributed by atoms with Crippen molar-refractivity contribution >= 4 is 11.6 Å². The lowest BCUT2D eigenvalue weighted by molar-refractivity contribution is 0.555. The van der Waals surface area contributed by atoms with E-state index >= 15 is 0 Å². The van der Waals surface area contributed by atoms with Gasteiger partial charge < -0.3 is 4.74 Å². The van der Waals surface area contributed by atoms with Crippen molar-refractivity contribution in [1.29, 1.82) is 0 Å². The summed E-state index contributed by atoms with van der Waals surface area (Å²) in [5.74, 6) is 1.35. The normalized spacial score (nSPS) is 11.2. The van der Waals surface area contributed by atoms with Crippen molar-refractivity contribution in [2.24, 2.45) is 4.99 Å². The molecule has 27 heavy (non-hydrogen) atoms. The monoisotopic (exact) mass is 349 g/mol. The van der Waals surface area contributed by atoms with Crippen LogP contribution in [0, 0.1) is 0 Å². The Morgan fingerprint density at radius 3 is 1.81 bits per heavy atom. The molecule has 4 aromatic carbocycles. The van der Waals surface area contributed by atoms with Gasteiger partial charge in [0.2, 0.25) is 5.90 Å². The summed E-state index contributed by atoms with van der Waals surface area (Å²) in [6, 6.07) is 38.1. The first kappa shape index (κ1) is 16.8. The van der Waals surface area contributed by atoms with Gasteiger partial charge in [-0.3, -0.25) is 0 Å². The molecule has 0 aromatic heterocycles. The van der Waals surface area contributed by atoms with Gasteiger partial charge >= 0.3 is 0 Å². The molecule has 0 fully saturated rings. The van der Waals surface area contributed by atoms with E-state index < -0.39 is 0 Å². The number of hydrogen-bond donors (Lipinski definition) is 0. The molecule has 0 aliphatic rings. The van der Waals surface area contributed by atoms with Crippen LogP contribution in [0.4, 0.5) is 5.69 Å². The van der Waals surface area contributed by atoms with Crippen molar-refractivity contribution in [3.8, 4) is 16.9 Å². The maximum Gasteiger partial charge on any atom is 0.227 e. The predicted octanol–water partition coefficient (Wildman–Crippen LogP) is 6.51. The summed E-state index contributed by atoms with van der Waals surface area (Å²) in [7, 11) is 0. The summed E-state index contributed by atoms with van der Waals surface area (Å²) >= 11 is 0. The van der Waals surface area contributed by atoms with E-state index in [-0.39, 0.29) is 0 Å². The first-order valence-corrected chi connectivity index (χ1v) is 8.91. The molecule has 0 amide bonds. The van der Waals surface area contributed by atoms with Gasteiger partial charge in [0.05, 0.1) is 5.69 Å². The summed E-state index contributed by atoms with van der Waals surface area (Å²) < 4.78 is 6.34. The number of aliphatic imine (C=N–C) groups is 1. The third-order valence-electron chi connectivity index (χ3n) is 4.19. The first-order valence-electron chi connectivity index (χ1n) is 8.91. The smallest absolute Gasteiger partial charge is 0.227 e. The third-order valence-corrected chi connectivity index (χ3v) is 4.19. The zero-order chi connectivity index (χ0) is 18.3. The molecule has 0 N–H and O–H groups in total. The van der Waals surface area contributed by atoms with Gasteiger partial charge in [-0.25, -0.2) is 4.99 Å². The second-order valence-electron chi connectivity index (χ2n) is 6.08. The van der Waals surface area contributed by atoms with Crippen LogP contribution in [0.15, 0.2) is 120 Å². The van der Waals surface area contributed by atoms with Gasteiger partial charge in [-0.2, -0.15) is 0 Å². The maximum atomic E-state index is 6.34. The average Bonchev–Trinajstić information content (AvgIpc) is 2.76. The summed E-state index contributed by atoms with van der Waals surface area (Å²) in [5, 5.41) is 0. The molecule has 0 saturated heterocycles. The van der Waals surface area contributed by atoms with Crippen LogP contribution >= 0.6 is 0 Å². The predicted molar refractivity (Wildman–Crippen MR) is 112 cm³/mol. The van der Waals surface area contributed by atoms with E-state index in [9.17, 15) is 0 Å².